The van der Waals surface area contributed by atoms with Gasteiger partial charge in [0.15, 0.2) is 0 Å². The summed E-state index contributed by atoms with van der Waals surface area (Å²) >= 11 is 1.40. The largest absolute Gasteiger partial charge is 0.481 e. The third-order valence-corrected chi connectivity index (χ3v) is 6.13. The lowest BCUT2D eigenvalue weighted by atomic mass is 10.0. The molecule has 0 radical (unpaired) electrons. The van der Waals surface area contributed by atoms with Crippen molar-refractivity contribution in [3.63, 3.8) is 0 Å². The van der Waals surface area contributed by atoms with Crippen LogP contribution < -0.4 is 21.7 Å². The van der Waals surface area contributed by atoms with Crippen LogP contribution in [-0.2, 0) is 36.8 Å². The predicted molar refractivity (Wildman–Crippen MR) is 139 cm³/mol. The molecule has 2 aromatic rings. The highest BCUT2D eigenvalue weighted by molar-refractivity contribution is 7.98. The number of hydrogen-bond donors (Lipinski definition) is 7. The van der Waals surface area contributed by atoms with Crippen molar-refractivity contribution in [2.45, 2.75) is 49.9 Å². The Hall–Kier alpha value is -3.91. The van der Waals surface area contributed by atoms with Gasteiger partial charge >= 0.3 is 11.9 Å². The summed E-state index contributed by atoms with van der Waals surface area (Å²) in [6.07, 6.45) is 4.08. The van der Waals surface area contributed by atoms with E-state index in [0.29, 0.717) is 11.4 Å². The number of nitrogens with zero attached hydrogens (tertiary/aromatic N) is 1. The summed E-state index contributed by atoms with van der Waals surface area (Å²) in [4.78, 5) is 68.3. The van der Waals surface area contributed by atoms with Crippen molar-refractivity contribution in [2.75, 3.05) is 12.0 Å². The predicted octanol–water partition coefficient (Wildman–Crippen LogP) is -0.711. The Morgan fingerprint density at radius 1 is 0.947 bits per heavy atom. The number of imidazole rings is 1. The Morgan fingerprint density at radius 3 is 2.16 bits per heavy atom. The molecule has 0 fully saturated rings. The fraction of sp³-hybridized carbons (Fsp3) is 0.417. The molecule has 206 valence electrons. The number of nitrogens with two attached hydrogens (primary N) is 1. The average Bonchev–Trinajstić information content (AvgIpc) is 3.39. The minimum absolute atomic E-state index is 0.0682. The van der Waals surface area contributed by atoms with Gasteiger partial charge in [0.2, 0.25) is 17.7 Å². The van der Waals surface area contributed by atoms with Crippen molar-refractivity contribution in [1.82, 2.24) is 25.9 Å². The Balaban J connectivity index is 2.10. The van der Waals surface area contributed by atoms with E-state index in [4.69, 9.17) is 5.73 Å². The van der Waals surface area contributed by atoms with Gasteiger partial charge in [0.1, 0.15) is 18.1 Å². The molecule has 1 aromatic heterocycles. The molecule has 2 rings (SSSR count). The molecular weight excluding hydrogens is 516 g/mol. The number of hydrogen-bond acceptors (Lipinski definition) is 8. The number of aromatic amines is 1. The maximum atomic E-state index is 13.0. The second-order valence-electron chi connectivity index (χ2n) is 8.48. The summed E-state index contributed by atoms with van der Waals surface area (Å²) in [5.74, 6) is -4.60. The monoisotopic (exact) mass is 548 g/mol. The molecule has 1 aromatic carbocycles. The number of aliphatic carboxylic acids is 2. The maximum Gasteiger partial charge on any atom is 0.326 e. The van der Waals surface area contributed by atoms with Crippen LogP contribution in [0.15, 0.2) is 42.9 Å². The molecule has 0 aliphatic carbocycles. The van der Waals surface area contributed by atoms with E-state index in [9.17, 15) is 34.2 Å². The molecule has 14 heteroatoms. The number of carbonyl (C=O) groups excluding carboxylic acids is 3. The van der Waals surface area contributed by atoms with Crippen molar-refractivity contribution in [3.8, 4) is 0 Å². The first-order valence-corrected chi connectivity index (χ1v) is 13.1. The van der Waals surface area contributed by atoms with E-state index < -0.39 is 60.2 Å². The number of aromatic nitrogens is 2. The van der Waals surface area contributed by atoms with Gasteiger partial charge in [-0.3, -0.25) is 19.2 Å². The van der Waals surface area contributed by atoms with Crippen LogP contribution in [0.4, 0.5) is 0 Å². The first-order valence-electron chi connectivity index (χ1n) is 11.7. The number of thioether (sulfide) groups is 1. The summed E-state index contributed by atoms with van der Waals surface area (Å²) in [5, 5.41) is 26.0. The molecule has 1 heterocycles. The number of H-pyrrole nitrogens is 1. The van der Waals surface area contributed by atoms with E-state index in [0.717, 1.165) is 5.56 Å². The van der Waals surface area contributed by atoms with Crippen molar-refractivity contribution in [2.24, 2.45) is 5.73 Å². The highest BCUT2D eigenvalue weighted by Gasteiger charge is 2.31. The fourth-order valence-corrected chi connectivity index (χ4v) is 3.96. The summed E-state index contributed by atoms with van der Waals surface area (Å²) in [6.45, 7) is 0. The van der Waals surface area contributed by atoms with E-state index in [-0.39, 0.29) is 19.3 Å². The van der Waals surface area contributed by atoms with Crippen molar-refractivity contribution >= 4 is 41.4 Å². The van der Waals surface area contributed by atoms with Gasteiger partial charge in [-0.15, -0.1) is 0 Å². The lowest BCUT2D eigenvalue weighted by Crippen LogP contribution is -2.58. The number of carboxylic acids is 2. The minimum atomic E-state index is -1.51. The van der Waals surface area contributed by atoms with Crippen LogP contribution in [0.5, 0.6) is 0 Å². The molecule has 0 aliphatic heterocycles. The van der Waals surface area contributed by atoms with Crippen molar-refractivity contribution in [3.05, 3.63) is 54.1 Å². The fourth-order valence-electron chi connectivity index (χ4n) is 3.49. The normalized spacial score (nSPS) is 13.9. The topological polar surface area (TPSA) is 217 Å². The van der Waals surface area contributed by atoms with E-state index in [1.807, 2.05) is 6.07 Å². The molecule has 3 amide bonds. The molecule has 13 nitrogen and oxygen atoms in total. The third kappa shape index (κ3) is 10.2. The van der Waals surface area contributed by atoms with Gasteiger partial charge < -0.3 is 36.9 Å². The van der Waals surface area contributed by atoms with E-state index >= 15 is 0 Å². The molecule has 0 saturated carbocycles. The standard InChI is InChI=1S/C24H32N6O7S/c1-38-8-7-17(22(34)30-19(24(36)37)10-15-12-26-13-27-15)28-23(35)18(11-20(31)32)29-21(33)16(25)9-14-5-3-2-4-6-14/h2-6,12-13,16-19H,7-11,25H2,1H3,(H,26,27)(H,28,35)(H,29,33)(H,30,34)(H,31,32)(H,36,37). The lowest BCUT2D eigenvalue weighted by Gasteiger charge is -2.24. The van der Waals surface area contributed by atoms with Crippen LogP contribution in [0.25, 0.3) is 0 Å². The maximum absolute atomic E-state index is 13.0. The first kappa shape index (κ1) is 30.3. The van der Waals surface area contributed by atoms with Gasteiger partial charge in [0, 0.05) is 18.3 Å². The number of amides is 3. The number of carbonyl (C=O) groups is 5. The van der Waals surface area contributed by atoms with Gasteiger partial charge in [-0.1, -0.05) is 30.3 Å². The van der Waals surface area contributed by atoms with Crippen LogP contribution in [-0.4, -0.2) is 86.0 Å². The van der Waals surface area contributed by atoms with Crippen molar-refractivity contribution in [1.29, 1.82) is 0 Å². The number of rotatable bonds is 16. The molecule has 8 N–H and O–H groups in total. The van der Waals surface area contributed by atoms with Crippen LogP contribution in [0.3, 0.4) is 0 Å². The van der Waals surface area contributed by atoms with Crippen LogP contribution in [0, 0.1) is 0 Å². The molecule has 0 aliphatic rings. The van der Waals surface area contributed by atoms with E-state index in [1.54, 1.807) is 30.5 Å². The first-order chi connectivity index (χ1) is 18.1. The molecule has 4 atom stereocenters. The molecular formula is C24H32N6O7S. The average molecular weight is 549 g/mol. The van der Waals surface area contributed by atoms with Gasteiger partial charge in [0.05, 0.1) is 18.8 Å². The second-order valence-corrected chi connectivity index (χ2v) is 9.46. The van der Waals surface area contributed by atoms with E-state index in [2.05, 4.69) is 25.9 Å². The Labute approximate surface area is 223 Å². The Bertz CT molecular complexity index is 1080. The summed E-state index contributed by atoms with van der Waals surface area (Å²) in [5.41, 5.74) is 7.23. The van der Waals surface area contributed by atoms with Gasteiger partial charge in [0.25, 0.3) is 0 Å². The molecule has 0 spiro atoms. The molecule has 0 bridgehead atoms. The highest BCUT2D eigenvalue weighted by atomic mass is 32.2. The van der Waals surface area contributed by atoms with Crippen molar-refractivity contribution < 1.29 is 34.2 Å². The zero-order valence-electron chi connectivity index (χ0n) is 20.8. The van der Waals surface area contributed by atoms with Crippen LogP contribution >= 0.6 is 11.8 Å². The zero-order valence-corrected chi connectivity index (χ0v) is 21.6. The Morgan fingerprint density at radius 2 is 1.58 bits per heavy atom. The quantitative estimate of drug-likeness (QED) is 0.140. The molecule has 0 saturated heterocycles. The highest BCUT2D eigenvalue weighted by Crippen LogP contribution is 2.07. The van der Waals surface area contributed by atoms with Gasteiger partial charge in [-0.2, -0.15) is 11.8 Å². The SMILES string of the molecule is CSCCC(NC(=O)C(CC(=O)O)NC(=O)C(N)Cc1ccccc1)C(=O)NC(Cc1cnc[nH]1)C(=O)O. The van der Waals surface area contributed by atoms with Crippen LogP contribution in [0.2, 0.25) is 0 Å². The lowest BCUT2D eigenvalue weighted by molar-refractivity contribution is -0.143. The van der Waals surface area contributed by atoms with Crippen LogP contribution in [0.1, 0.15) is 24.1 Å². The molecule has 4 unspecified atom stereocenters. The summed E-state index contributed by atoms with van der Waals surface area (Å²) in [7, 11) is 0. The number of benzene rings is 1. The second kappa shape index (κ2) is 15.4. The summed E-state index contributed by atoms with van der Waals surface area (Å²) in [6, 6.07) is 3.89. The smallest absolute Gasteiger partial charge is 0.326 e. The zero-order chi connectivity index (χ0) is 28.1. The Kier molecular flexibility index (Phi) is 12.3. The molecule has 38 heavy (non-hydrogen) atoms. The van der Waals surface area contributed by atoms with E-state index in [1.165, 1.54) is 24.3 Å². The third-order valence-electron chi connectivity index (χ3n) is 5.48. The number of nitrogens with one attached hydrogen (secondary N) is 4. The van der Waals surface area contributed by atoms with Gasteiger partial charge in [-0.25, -0.2) is 9.78 Å². The summed E-state index contributed by atoms with van der Waals surface area (Å²) < 4.78 is 0. The minimum Gasteiger partial charge on any atom is -0.481 e. The number of carboxylic acid groups (broad SMARTS) is 2. The van der Waals surface area contributed by atoms with Gasteiger partial charge in [-0.05, 0) is 30.4 Å².